The number of nitrogens with one attached hydrogen (secondary N) is 2. The molecule has 1 aliphatic heterocycles. The summed E-state index contributed by atoms with van der Waals surface area (Å²) in [7, 11) is -3.57. The standard InChI is InChI=1S/C15H17N3O2S/c1-11-10-16-8-6-14(11)18-21(19,20)13-4-5-15-12(9-13)3-2-7-17-15/h4-6,8-10,17H,2-3,7H2,1H3,(H,16,18). The first-order valence-electron chi connectivity index (χ1n) is 6.86. The van der Waals surface area contributed by atoms with Gasteiger partial charge in [-0.25, -0.2) is 8.42 Å². The zero-order valence-corrected chi connectivity index (χ0v) is 12.6. The predicted octanol–water partition coefficient (Wildman–Crippen LogP) is 2.55. The van der Waals surface area contributed by atoms with E-state index in [4.69, 9.17) is 0 Å². The molecule has 2 N–H and O–H groups in total. The van der Waals surface area contributed by atoms with Crippen LogP contribution in [0.1, 0.15) is 17.5 Å². The van der Waals surface area contributed by atoms with E-state index in [2.05, 4.69) is 15.0 Å². The zero-order valence-electron chi connectivity index (χ0n) is 11.8. The molecule has 0 saturated heterocycles. The summed E-state index contributed by atoms with van der Waals surface area (Å²) in [4.78, 5) is 4.25. The van der Waals surface area contributed by atoms with Crippen LogP contribution >= 0.6 is 0 Å². The minimum atomic E-state index is -3.57. The molecule has 0 bridgehead atoms. The molecule has 0 saturated carbocycles. The second kappa shape index (κ2) is 5.37. The van der Waals surface area contributed by atoms with Crippen molar-refractivity contribution >= 4 is 21.4 Å². The normalized spacial score (nSPS) is 14.1. The molecule has 0 radical (unpaired) electrons. The van der Waals surface area contributed by atoms with Crippen LogP contribution in [0.5, 0.6) is 0 Å². The zero-order chi connectivity index (χ0) is 14.9. The van der Waals surface area contributed by atoms with Crippen LogP contribution in [0.3, 0.4) is 0 Å². The van der Waals surface area contributed by atoms with Crippen LogP contribution in [0, 0.1) is 6.92 Å². The van der Waals surface area contributed by atoms with Gasteiger partial charge in [0, 0.05) is 24.6 Å². The third-order valence-corrected chi connectivity index (χ3v) is 4.95. The largest absolute Gasteiger partial charge is 0.385 e. The van der Waals surface area contributed by atoms with E-state index in [0.717, 1.165) is 36.2 Å². The molecule has 0 spiro atoms. The number of nitrogens with zero attached hydrogens (tertiary/aromatic N) is 1. The van der Waals surface area contributed by atoms with Crippen molar-refractivity contribution in [3.05, 3.63) is 47.8 Å². The van der Waals surface area contributed by atoms with Crippen molar-refractivity contribution in [1.82, 2.24) is 4.98 Å². The molecule has 5 nitrogen and oxygen atoms in total. The topological polar surface area (TPSA) is 71.1 Å². The molecule has 0 amide bonds. The van der Waals surface area contributed by atoms with Crippen molar-refractivity contribution in [3.8, 4) is 0 Å². The summed E-state index contributed by atoms with van der Waals surface area (Å²) < 4.78 is 27.6. The van der Waals surface area contributed by atoms with Gasteiger partial charge in [0.25, 0.3) is 10.0 Å². The van der Waals surface area contributed by atoms with E-state index in [-0.39, 0.29) is 0 Å². The Morgan fingerprint density at radius 3 is 2.95 bits per heavy atom. The number of hydrogen-bond donors (Lipinski definition) is 2. The Bertz CT molecular complexity index is 772. The number of sulfonamides is 1. The number of benzene rings is 1. The summed E-state index contributed by atoms with van der Waals surface area (Å²) in [5.41, 5.74) is 3.43. The molecule has 2 heterocycles. The van der Waals surface area contributed by atoms with Gasteiger partial charge in [-0.15, -0.1) is 0 Å². The van der Waals surface area contributed by atoms with Crippen LogP contribution in [0.15, 0.2) is 41.6 Å². The molecule has 6 heteroatoms. The van der Waals surface area contributed by atoms with Crippen molar-refractivity contribution < 1.29 is 8.42 Å². The molecule has 0 unspecified atom stereocenters. The average molecular weight is 303 g/mol. The lowest BCUT2D eigenvalue weighted by molar-refractivity contribution is 0.601. The fourth-order valence-electron chi connectivity index (χ4n) is 2.41. The highest BCUT2D eigenvalue weighted by Gasteiger charge is 2.18. The molecular weight excluding hydrogens is 286 g/mol. The van der Waals surface area contributed by atoms with Crippen molar-refractivity contribution in [2.75, 3.05) is 16.6 Å². The van der Waals surface area contributed by atoms with Crippen molar-refractivity contribution in [2.24, 2.45) is 0 Å². The Kier molecular flexibility index (Phi) is 3.55. The number of aromatic nitrogens is 1. The van der Waals surface area contributed by atoms with Gasteiger partial charge in [-0.05, 0) is 55.2 Å². The maximum Gasteiger partial charge on any atom is 0.261 e. The Labute approximate surface area is 124 Å². The monoisotopic (exact) mass is 303 g/mol. The highest BCUT2D eigenvalue weighted by Crippen LogP contribution is 2.26. The minimum Gasteiger partial charge on any atom is -0.385 e. The third-order valence-electron chi connectivity index (χ3n) is 3.59. The lowest BCUT2D eigenvalue weighted by atomic mass is 10.0. The van der Waals surface area contributed by atoms with Gasteiger partial charge in [0.1, 0.15) is 0 Å². The highest BCUT2D eigenvalue weighted by molar-refractivity contribution is 7.92. The lowest BCUT2D eigenvalue weighted by Gasteiger charge is -2.19. The second-order valence-corrected chi connectivity index (χ2v) is 6.83. The number of fused-ring (bicyclic) bond motifs is 1. The summed E-state index contributed by atoms with van der Waals surface area (Å²) >= 11 is 0. The van der Waals surface area contributed by atoms with Crippen LogP contribution in [0.4, 0.5) is 11.4 Å². The molecule has 110 valence electrons. The first kappa shape index (κ1) is 13.9. The van der Waals surface area contributed by atoms with Gasteiger partial charge in [0.15, 0.2) is 0 Å². The Morgan fingerprint density at radius 2 is 2.14 bits per heavy atom. The number of aryl methyl sites for hydroxylation is 2. The average Bonchev–Trinajstić information content (AvgIpc) is 2.49. The minimum absolute atomic E-state index is 0.293. The maximum atomic E-state index is 12.5. The van der Waals surface area contributed by atoms with Gasteiger partial charge in [-0.2, -0.15) is 0 Å². The van der Waals surface area contributed by atoms with E-state index in [0.29, 0.717) is 10.6 Å². The summed E-state index contributed by atoms with van der Waals surface area (Å²) in [6, 6.07) is 6.88. The number of anilines is 2. The van der Waals surface area contributed by atoms with Gasteiger partial charge in [-0.3, -0.25) is 9.71 Å². The molecule has 1 aromatic carbocycles. The number of hydrogen-bond acceptors (Lipinski definition) is 4. The van der Waals surface area contributed by atoms with Crippen LogP contribution in [0.2, 0.25) is 0 Å². The molecule has 3 rings (SSSR count). The molecule has 0 atom stereocenters. The fourth-order valence-corrected chi connectivity index (χ4v) is 3.59. The second-order valence-electron chi connectivity index (χ2n) is 5.15. The Hall–Kier alpha value is -2.08. The van der Waals surface area contributed by atoms with Gasteiger partial charge in [-0.1, -0.05) is 0 Å². The van der Waals surface area contributed by atoms with Gasteiger partial charge in [0.05, 0.1) is 10.6 Å². The fraction of sp³-hybridized carbons (Fsp3) is 0.267. The van der Waals surface area contributed by atoms with E-state index in [1.54, 1.807) is 30.6 Å². The van der Waals surface area contributed by atoms with Crippen LogP contribution in [-0.4, -0.2) is 19.9 Å². The number of pyridine rings is 1. The van der Waals surface area contributed by atoms with Crippen molar-refractivity contribution in [1.29, 1.82) is 0 Å². The smallest absolute Gasteiger partial charge is 0.261 e. The van der Waals surface area contributed by atoms with Crippen molar-refractivity contribution in [3.63, 3.8) is 0 Å². The SMILES string of the molecule is Cc1cnccc1NS(=O)(=O)c1ccc2c(c1)CCCN2. The molecule has 0 fully saturated rings. The highest BCUT2D eigenvalue weighted by atomic mass is 32.2. The summed E-state index contributed by atoms with van der Waals surface area (Å²) in [6.45, 7) is 2.76. The van der Waals surface area contributed by atoms with Gasteiger partial charge >= 0.3 is 0 Å². The molecule has 1 aromatic heterocycles. The van der Waals surface area contributed by atoms with E-state index in [1.807, 2.05) is 13.0 Å². The summed E-state index contributed by atoms with van der Waals surface area (Å²) in [5.74, 6) is 0. The Balaban J connectivity index is 1.93. The van der Waals surface area contributed by atoms with Crippen LogP contribution in [-0.2, 0) is 16.4 Å². The summed E-state index contributed by atoms with van der Waals surface area (Å²) in [5, 5.41) is 3.28. The molecule has 21 heavy (non-hydrogen) atoms. The summed E-state index contributed by atoms with van der Waals surface area (Å²) in [6.07, 6.45) is 5.13. The quantitative estimate of drug-likeness (QED) is 0.914. The molecule has 0 aliphatic carbocycles. The molecule has 1 aliphatic rings. The first-order valence-corrected chi connectivity index (χ1v) is 8.35. The third kappa shape index (κ3) is 2.85. The van der Waals surface area contributed by atoms with Crippen LogP contribution < -0.4 is 10.0 Å². The van der Waals surface area contributed by atoms with E-state index in [1.165, 1.54) is 0 Å². The van der Waals surface area contributed by atoms with Gasteiger partial charge < -0.3 is 5.32 Å². The van der Waals surface area contributed by atoms with Crippen molar-refractivity contribution in [2.45, 2.75) is 24.7 Å². The van der Waals surface area contributed by atoms with E-state index < -0.39 is 10.0 Å². The first-order chi connectivity index (χ1) is 10.1. The maximum absolute atomic E-state index is 12.5. The Morgan fingerprint density at radius 1 is 1.29 bits per heavy atom. The molecular formula is C15H17N3O2S. The lowest BCUT2D eigenvalue weighted by Crippen LogP contribution is -2.16. The van der Waals surface area contributed by atoms with E-state index >= 15 is 0 Å². The molecule has 2 aromatic rings. The van der Waals surface area contributed by atoms with E-state index in [9.17, 15) is 8.42 Å². The van der Waals surface area contributed by atoms with Gasteiger partial charge in [0.2, 0.25) is 0 Å². The predicted molar refractivity (Wildman–Crippen MR) is 83.0 cm³/mol. The van der Waals surface area contributed by atoms with Crippen LogP contribution in [0.25, 0.3) is 0 Å². The number of rotatable bonds is 3.